The molecule has 4 aromatic rings. The molecular formula is C20H13BrClFN2O3. The van der Waals surface area contributed by atoms with Gasteiger partial charge >= 0.3 is 5.63 Å². The van der Waals surface area contributed by atoms with Crippen molar-refractivity contribution in [3.8, 4) is 11.7 Å². The monoisotopic (exact) mass is 462 g/mol. The molecule has 5 nitrogen and oxygen atoms in total. The fourth-order valence-electron chi connectivity index (χ4n) is 2.98. The summed E-state index contributed by atoms with van der Waals surface area (Å²) >= 11 is 9.26. The molecule has 0 aliphatic heterocycles. The van der Waals surface area contributed by atoms with Crippen LogP contribution in [0, 0.1) is 5.82 Å². The summed E-state index contributed by atoms with van der Waals surface area (Å²) in [7, 11) is 0. The first-order valence-electron chi connectivity index (χ1n) is 8.30. The van der Waals surface area contributed by atoms with E-state index >= 15 is 0 Å². The summed E-state index contributed by atoms with van der Waals surface area (Å²) in [5, 5.41) is 5.37. The van der Waals surface area contributed by atoms with Crippen molar-refractivity contribution < 1.29 is 13.3 Å². The van der Waals surface area contributed by atoms with Crippen LogP contribution in [0.4, 0.5) is 4.39 Å². The van der Waals surface area contributed by atoms with Crippen LogP contribution in [0.15, 0.2) is 60.7 Å². The van der Waals surface area contributed by atoms with Crippen LogP contribution in [0.3, 0.4) is 0 Å². The van der Waals surface area contributed by atoms with Crippen LogP contribution < -0.4 is 5.63 Å². The number of rotatable bonds is 3. The molecule has 4 rings (SSSR count). The molecule has 2 aromatic heterocycles. The highest BCUT2D eigenvalue weighted by atomic mass is 79.9. The molecule has 2 aromatic carbocycles. The third kappa shape index (κ3) is 3.14. The molecule has 142 valence electrons. The first-order valence-corrected chi connectivity index (χ1v) is 9.47. The maximum atomic E-state index is 14.4. The van der Waals surface area contributed by atoms with Crippen molar-refractivity contribution in [3.63, 3.8) is 0 Å². The predicted molar refractivity (Wildman–Crippen MR) is 107 cm³/mol. The molecule has 0 fully saturated rings. The molecule has 0 aliphatic rings. The summed E-state index contributed by atoms with van der Waals surface area (Å²) < 4.78 is 25.8. The van der Waals surface area contributed by atoms with Gasteiger partial charge in [-0.05, 0) is 44.2 Å². The van der Waals surface area contributed by atoms with Gasteiger partial charge in [0.1, 0.15) is 5.82 Å². The Labute approximate surface area is 172 Å². The summed E-state index contributed by atoms with van der Waals surface area (Å²) in [6.45, 7) is 3.53. The molecule has 0 radical (unpaired) electrons. The fraction of sp³-hybridized carbons (Fsp3) is 0.150. The topological polar surface area (TPSA) is 69.1 Å². The van der Waals surface area contributed by atoms with Crippen LogP contribution in [0.5, 0.6) is 0 Å². The van der Waals surface area contributed by atoms with Gasteiger partial charge in [-0.15, -0.1) is 0 Å². The van der Waals surface area contributed by atoms with E-state index in [4.69, 9.17) is 20.5 Å². The van der Waals surface area contributed by atoms with E-state index in [0.717, 1.165) is 4.47 Å². The molecule has 0 aliphatic carbocycles. The van der Waals surface area contributed by atoms with Crippen molar-refractivity contribution in [1.82, 2.24) is 10.1 Å². The molecule has 0 bridgehead atoms. The van der Waals surface area contributed by atoms with E-state index in [9.17, 15) is 9.18 Å². The molecule has 0 amide bonds. The van der Waals surface area contributed by atoms with Crippen molar-refractivity contribution >= 4 is 38.3 Å². The highest BCUT2D eigenvalue weighted by Gasteiger charge is 2.32. The molecule has 0 unspecified atom stereocenters. The minimum Gasteiger partial charge on any atom is -0.417 e. The van der Waals surface area contributed by atoms with E-state index in [1.165, 1.54) is 6.07 Å². The SMILES string of the molecule is CC(C)(c1noc(-c2cc3c(Br)cccc3c(=O)o2)n1)c1ccc(Cl)cc1F. The van der Waals surface area contributed by atoms with Gasteiger partial charge in [0.05, 0.1) is 10.8 Å². The Kier molecular flexibility index (Phi) is 4.59. The summed E-state index contributed by atoms with van der Waals surface area (Å²) in [6, 6.07) is 11.3. The van der Waals surface area contributed by atoms with Crippen LogP contribution in [-0.4, -0.2) is 10.1 Å². The van der Waals surface area contributed by atoms with Gasteiger partial charge in [-0.1, -0.05) is 44.8 Å². The maximum Gasteiger partial charge on any atom is 0.344 e. The van der Waals surface area contributed by atoms with Gasteiger partial charge in [-0.3, -0.25) is 0 Å². The van der Waals surface area contributed by atoms with Crippen LogP contribution in [0.25, 0.3) is 22.4 Å². The zero-order chi connectivity index (χ0) is 20.1. The standard InChI is InChI=1S/C20H13BrClFN2O3/c1-20(2,13-7-6-10(22)8-15(13)23)19-24-17(28-25-19)16-9-12-11(18(26)27-16)4-3-5-14(12)21/h3-9H,1-2H3. The van der Waals surface area contributed by atoms with Crippen molar-refractivity contribution in [2.75, 3.05) is 0 Å². The lowest BCUT2D eigenvalue weighted by Crippen LogP contribution is -2.22. The summed E-state index contributed by atoms with van der Waals surface area (Å²) in [5.74, 6) is -0.0497. The quantitative estimate of drug-likeness (QED) is 0.388. The second-order valence-electron chi connectivity index (χ2n) is 6.77. The average Bonchev–Trinajstić information content (AvgIpc) is 3.13. The second-order valence-corrected chi connectivity index (χ2v) is 8.06. The lowest BCUT2D eigenvalue weighted by Gasteiger charge is -2.21. The molecule has 0 atom stereocenters. The van der Waals surface area contributed by atoms with Crippen LogP contribution in [-0.2, 0) is 5.41 Å². The van der Waals surface area contributed by atoms with Crippen molar-refractivity contribution in [2.24, 2.45) is 0 Å². The Bertz CT molecular complexity index is 1270. The summed E-state index contributed by atoms with van der Waals surface area (Å²) in [6.07, 6.45) is 0. The van der Waals surface area contributed by atoms with Gasteiger partial charge in [-0.2, -0.15) is 4.98 Å². The Morgan fingerprint density at radius 2 is 1.93 bits per heavy atom. The van der Waals surface area contributed by atoms with Gasteiger partial charge in [0.2, 0.25) is 0 Å². The zero-order valence-electron chi connectivity index (χ0n) is 14.8. The highest BCUT2D eigenvalue weighted by Crippen LogP contribution is 2.34. The molecule has 0 saturated heterocycles. The van der Waals surface area contributed by atoms with E-state index < -0.39 is 16.9 Å². The maximum absolute atomic E-state index is 14.4. The largest absolute Gasteiger partial charge is 0.417 e. The van der Waals surface area contributed by atoms with Gasteiger partial charge in [0.15, 0.2) is 11.6 Å². The molecule has 0 N–H and O–H groups in total. The summed E-state index contributed by atoms with van der Waals surface area (Å²) in [4.78, 5) is 16.6. The number of benzene rings is 2. The molecule has 0 spiro atoms. The van der Waals surface area contributed by atoms with Crippen LogP contribution in [0.1, 0.15) is 25.2 Å². The van der Waals surface area contributed by atoms with Crippen LogP contribution in [0.2, 0.25) is 5.02 Å². The number of nitrogens with zero attached hydrogens (tertiary/aromatic N) is 2. The number of fused-ring (bicyclic) bond motifs is 1. The number of hydrogen-bond acceptors (Lipinski definition) is 5. The Balaban J connectivity index is 1.80. The van der Waals surface area contributed by atoms with Crippen molar-refractivity contribution in [1.29, 1.82) is 0 Å². The van der Waals surface area contributed by atoms with Crippen LogP contribution >= 0.6 is 27.5 Å². The highest BCUT2D eigenvalue weighted by molar-refractivity contribution is 9.10. The van der Waals surface area contributed by atoms with E-state index in [-0.39, 0.29) is 17.5 Å². The lowest BCUT2D eigenvalue weighted by atomic mass is 9.83. The first kappa shape index (κ1) is 18.8. The van der Waals surface area contributed by atoms with E-state index in [2.05, 4.69) is 26.1 Å². The predicted octanol–water partition coefficient (Wildman–Crippen LogP) is 5.72. The van der Waals surface area contributed by atoms with E-state index in [1.54, 1.807) is 44.2 Å². The van der Waals surface area contributed by atoms with Gasteiger partial charge in [0.25, 0.3) is 5.89 Å². The smallest absolute Gasteiger partial charge is 0.344 e. The number of halogens is 3. The second kappa shape index (κ2) is 6.83. The van der Waals surface area contributed by atoms with Crippen molar-refractivity contribution in [3.05, 3.63) is 79.6 Å². The third-order valence-corrected chi connectivity index (χ3v) is 5.48. The Morgan fingerprint density at radius 1 is 1.14 bits per heavy atom. The fourth-order valence-corrected chi connectivity index (χ4v) is 3.62. The Hall–Kier alpha value is -2.51. The molecule has 0 saturated carbocycles. The zero-order valence-corrected chi connectivity index (χ0v) is 17.1. The van der Waals surface area contributed by atoms with Gasteiger partial charge in [-0.25, -0.2) is 9.18 Å². The molecular weight excluding hydrogens is 451 g/mol. The minimum atomic E-state index is -0.895. The number of aromatic nitrogens is 2. The molecule has 28 heavy (non-hydrogen) atoms. The first-order chi connectivity index (χ1) is 13.3. The van der Waals surface area contributed by atoms with Gasteiger partial charge < -0.3 is 8.94 Å². The minimum absolute atomic E-state index is 0.0344. The van der Waals surface area contributed by atoms with E-state index in [0.29, 0.717) is 21.4 Å². The average molecular weight is 464 g/mol. The van der Waals surface area contributed by atoms with E-state index in [1.807, 2.05) is 6.07 Å². The Morgan fingerprint density at radius 3 is 2.68 bits per heavy atom. The lowest BCUT2D eigenvalue weighted by molar-refractivity contribution is 0.392. The normalized spacial score (nSPS) is 11.9. The molecule has 2 heterocycles. The van der Waals surface area contributed by atoms with Crippen molar-refractivity contribution in [2.45, 2.75) is 19.3 Å². The third-order valence-electron chi connectivity index (χ3n) is 4.55. The summed E-state index contributed by atoms with van der Waals surface area (Å²) in [5.41, 5.74) is -1.04. The number of hydrogen-bond donors (Lipinski definition) is 0. The van der Waals surface area contributed by atoms with Gasteiger partial charge in [0, 0.05) is 20.4 Å². The molecule has 8 heteroatoms.